The average molecular weight is 320 g/mol. The number of sulfonamides is 1. The first-order valence-corrected chi connectivity index (χ1v) is 8.89. The van der Waals surface area contributed by atoms with Crippen LogP contribution in [0.25, 0.3) is 11.3 Å². The largest absolute Gasteiger partial charge is 0.496 e. The van der Waals surface area contributed by atoms with E-state index in [4.69, 9.17) is 4.74 Å². The van der Waals surface area contributed by atoms with Crippen molar-refractivity contribution in [1.82, 2.24) is 9.29 Å². The molecule has 0 bridgehead atoms. The lowest BCUT2D eigenvalue weighted by molar-refractivity contribution is 0.346. The zero-order valence-corrected chi connectivity index (χ0v) is 13.4. The van der Waals surface area contributed by atoms with Gasteiger partial charge in [0.2, 0.25) is 10.0 Å². The molecule has 1 aromatic carbocycles. The summed E-state index contributed by atoms with van der Waals surface area (Å²) in [6, 6.07) is 8.80. The van der Waals surface area contributed by atoms with Crippen LogP contribution in [-0.2, 0) is 10.0 Å². The number of H-pyrrole nitrogens is 1. The van der Waals surface area contributed by atoms with Crippen LogP contribution in [0, 0.1) is 0 Å². The normalized spacial score (nSPS) is 16.6. The van der Waals surface area contributed by atoms with Gasteiger partial charge in [-0.25, -0.2) is 8.42 Å². The van der Waals surface area contributed by atoms with Gasteiger partial charge in [-0.15, -0.1) is 0 Å². The van der Waals surface area contributed by atoms with E-state index >= 15 is 0 Å². The fraction of sp³-hybridized carbons (Fsp3) is 0.375. The topological polar surface area (TPSA) is 62.4 Å². The Bertz CT molecular complexity index is 733. The fourth-order valence-electron chi connectivity index (χ4n) is 2.81. The molecule has 118 valence electrons. The van der Waals surface area contributed by atoms with Gasteiger partial charge in [-0.3, -0.25) is 0 Å². The molecule has 5 nitrogen and oxygen atoms in total. The van der Waals surface area contributed by atoms with E-state index in [0.717, 1.165) is 30.5 Å². The molecule has 1 aliphatic rings. The third-order valence-corrected chi connectivity index (χ3v) is 5.91. The fourth-order valence-corrected chi connectivity index (χ4v) is 4.35. The SMILES string of the molecule is COc1ccc(S(=O)(=O)N2CCCCC2)cc1-c1ccc[nH]1. The first-order valence-electron chi connectivity index (χ1n) is 7.45. The van der Waals surface area contributed by atoms with Gasteiger partial charge in [0.15, 0.2) is 0 Å². The Kier molecular flexibility index (Phi) is 4.22. The third kappa shape index (κ3) is 2.76. The van der Waals surface area contributed by atoms with Gasteiger partial charge >= 0.3 is 0 Å². The van der Waals surface area contributed by atoms with Crippen molar-refractivity contribution in [3.63, 3.8) is 0 Å². The van der Waals surface area contributed by atoms with Crippen molar-refractivity contribution < 1.29 is 13.2 Å². The molecule has 1 fully saturated rings. The number of rotatable bonds is 4. The van der Waals surface area contributed by atoms with Gasteiger partial charge in [0.25, 0.3) is 0 Å². The van der Waals surface area contributed by atoms with Crippen molar-refractivity contribution in [2.24, 2.45) is 0 Å². The van der Waals surface area contributed by atoms with Crippen LogP contribution in [0.4, 0.5) is 0 Å². The Balaban J connectivity index is 2.03. The number of nitrogens with one attached hydrogen (secondary N) is 1. The summed E-state index contributed by atoms with van der Waals surface area (Å²) >= 11 is 0. The molecule has 0 radical (unpaired) electrons. The zero-order valence-electron chi connectivity index (χ0n) is 12.6. The van der Waals surface area contributed by atoms with Crippen LogP contribution in [0.3, 0.4) is 0 Å². The maximum atomic E-state index is 12.8. The molecule has 0 spiro atoms. The molecule has 6 heteroatoms. The first kappa shape index (κ1) is 15.1. The number of hydrogen-bond acceptors (Lipinski definition) is 3. The summed E-state index contributed by atoms with van der Waals surface area (Å²) in [5, 5.41) is 0. The van der Waals surface area contributed by atoms with Gasteiger partial charge in [0.05, 0.1) is 12.0 Å². The van der Waals surface area contributed by atoms with E-state index in [-0.39, 0.29) is 0 Å². The second-order valence-corrected chi connectivity index (χ2v) is 7.35. The summed E-state index contributed by atoms with van der Waals surface area (Å²) in [6.07, 6.45) is 4.76. The first-order chi connectivity index (χ1) is 10.6. The number of aromatic nitrogens is 1. The number of hydrogen-bond donors (Lipinski definition) is 1. The van der Waals surface area contributed by atoms with E-state index in [1.54, 1.807) is 35.8 Å². The standard InChI is InChI=1S/C16H20N2O3S/c1-21-16-8-7-13(12-14(16)15-6-5-9-17-15)22(19,20)18-10-3-2-4-11-18/h5-9,12,17H,2-4,10-11H2,1H3. The minimum atomic E-state index is -3.44. The van der Waals surface area contributed by atoms with E-state index in [1.807, 2.05) is 12.1 Å². The molecule has 0 atom stereocenters. The Morgan fingerprint density at radius 2 is 1.91 bits per heavy atom. The number of aromatic amines is 1. The predicted molar refractivity (Wildman–Crippen MR) is 85.4 cm³/mol. The van der Waals surface area contributed by atoms with Crippen LogP contribution in [0.5, 0.6) is 5.75 Å². The van der Waals surface area contributed by atoms with Gasteiger partial charge in [-0.05, 0) is 43.2 Å². The Hall–Kier alpha value is -1.79. The second-order valence-electron chi connectivity index (χ2n) is 5.41. The highest BCUT2D eigenvalue weighted by Crippen LogP contribution is 2.32. The summed E-state index contributed by atoms with van der Waals surface area (Å²) in [5.41, 5.74) is 1.60. The summed E-state index contributed by atoms with van der Waals surface area (Å²) in [6.45, 7) is 1.21. The Morgan fingerprint density at radius 3 is 2.55 bits per heavy atom. The molecular weight excluding hydrogens is 300 g/mol. The van der Waals surface area contributed by atoms with Gasteiger partial charge in [0.1, 0.15) is 5.75 Å². The Morgan fingerprint density at radius 1 is 1.14 bits per heavy atom. The molecule has 1 saturated heterocycles. The van der Waals surface area contributed by atoms with E-state index in [0.29, 0.717) is 23.7 Å². The highest BCUT2D eigenvalue weighted by atomic mass is 32.2. The van der Waals surface area contributed by atoms with Crippen LogP contribution in [0.15, 0.2) is 41.4 Å². The lowest BCUT2D eigenvalue weighted by Gasteiger charge is -2.26. The van der Waals surface area contributed by atoms with Crippen molar-refractivity contribution in [2.75, 3.05) is 20.2 Å². The maximum Gasteiger partial charge on any atom is 0.243 e. The smallest absolute Gasteiger partial charge is 0.243 e. The molecule has 3 rings (SSSR count). The zero-order chi connectivity index (χ0) is 15.6. The average Bonchev–Trinajstić information content (AvgIpc) is 3.09. The summed E-state index contributed by atoms with van der Waals surface area (Å²) in [5.74, 6) is 0.653. The van der Waals surface area contributed by atoms with Crippen LogP contribution in [-0.4, -0.2) is 37.9 Å². The minimum absolute atomic E-state index is 0.319. The molecular formula is C16H20N2O3S. The predicted octanol–water partition coefficient (Wildman–Crippen LogP) is 2.86. The van der Waals surface area contributed by atoms with Crippen LogP contribution < -0.4 is 4.74 Å². The van der Waals surface area contributed by atoms with Crippen molar-refractivity contribution >= 4 is 10.0 Å². The van der Waals surface area contributed by atoms with E-state index in [1.165, 1.54) is 0 Å². The molecule has 1 aromatic heterocycles. The molecule has 1 N–H and O–H groups in total. The van der Waals surface area contributed by atoms with Gasteiger partial charge < -0.3 is 9.72 Å². The maximum absolute atomic E-state index is 12.8. The Labute approximate surface area is 131 Å². The quantitative estimate of drug-likeness (QED) is 0.942. The van der Waals surface area contributed by atoms with Crippen molar-refractivity contribution in [2.45, 2.75) is 24.2 Å². The summed E-state index contributed by atoms with van der Waals surface area (Å²) in [4.78, 5) is 3.42. The monoisotopic (exact) mass is 320 g/mol. The molecule has 22 heavy (non-hydrogen) atoms. The van der Waals surface area contributed by atoms with Gasteiger partial charge in [0, 0.05) is 30.5 Å². The van der Waals surface area contributed by atoms with Gasteiger partial charge in [-0.2, -0.15) is 4.31 Å². The van der Waals surface area contributed by atoms with E-state index in [2.05, 4.69) is 4.98 Å². The number of methoxy groups -OCH3 is 1. The molecule has 0 saturated carbocycles. The number of nitrogens with zero attached hydrogens (tertiary/aromatic N) is 1. The molecule has 1 aliphatic heterocycles. The van der Waals surface area contributed by atoms with Crippen molar-refractivity contribution in [3.05, 3.63) is 36.5 Å². The van der Waals surface area contributed by atoms with Crippen molar-refractivity contribution in [1.29, 1.82) is 0 Å². The van der Waals surface area contributed by atoms with Crippen LogP contribution >= 0.6 is 0 Å². The van der Waals surface area contributed by atoms with E-state index in [9.17, 15) is 8.42 Å². The summed E-state index contributed by atoms with van der Waals surface area (Å²) < 4.78 is 32.5. The lowest BCUT2D eigenvalue weighted by atomic mass is 10.1. The second kappa shape index (κ2) is 6.14. The molecule has 0 amide bonds. The highest BCUT2D eigenvalue weighted by molar-refractivity contribution is 7.89. The molecule has 2 aromatic rings. The van der Waals surface area contributed by atoms with Crippen molar-refractivity contribution in [3.8, 4) is 17.0 Å². The number of piperidine rings is 1. The van der Waals surface area contributed by atoms with E-state index < -0.39 is 10.0 Å². The number of ether oxygens (including phenoxy) is 1. The third-order valence-electron chi connectivity index (χ3n) is 4.01. The van der Waals surface area contributed by atoms with Gasteiger partial charge in [-0.1, -0.05) is 6.42 Å². The van der Waals surface area contributed by atoms with Crippen LogP contribution in [0.1, 0.15) is 19.3 Å². The minimum Gasteiger partial charge on any atom is -0.496 e. The number of benzene rings is 1. The molecule has 0 unspecified atom stereocenters. The lowest BCUT2D eigenvalue weighted by Crippen LogP contribution is -2.35. The van der Waals surface area contributed by atoms with Crippen LogP contribution in [0.2, 0.25) is 0 Å². The summed E-state index contributed by atoms with van der Waals surface area (Å²) in [7, 11) is -1.85. The molecule has 0 aliphatic carbocycles. The highest BCUT2D eigenvalue weighted by Gasteiger charge is 2.26. The molecule has 2 heterocycles.